The Kier molecular flexibility index (Phi) is 7.50. The van der Waals surface area contributed by atoms with Crippen molar-refractivity contribution in [3.8, 4) is 0 Å². The lowest BCUT2D eigenvalue weighted by Gasteiger charge is -2.33. The molecule has 1 saturated heterocycles. The Morgan fingerprint density at radius 1 is 1.36 bits per heavy atom. The van der Waals surface area contributed by atoms with E-state index in [1.54, 1.807) is 19.0 Å². The Morgan fingerprint density at radius 2 is 2.12 bits per heavy atom. The molecular weight excluding hydrogens is 316 g/mol. The van der Waals surface area contributed by atoms with Crippen LogP contribution in [0.4, 0.5) is 5.82 Å². The number of pyridine rings is 1. The van der Waals surface area contributed by atoms with E-state index in [4.69, 9.17) is 0 Å². The fraction of sp³-hybridized carbons (Fsp3) is 0.611. The summed E-state index contributed by atoms with van der Waals surface area (Å²) >= 11 is 0. The second kappa shape index (κ2) is 9.86. The van der Waals surface area contributed by atoms with Gasteiger partial charge in [0.2, 0.25) is 5.91 Å². The highest BCUT2D eigenvalue weighted by molar-refractivity contribution is 5.84. The number of carbonyl (C=O) groups is 1. The van der Waals surface area contributed by atoms with E-state index < -0.39 is 0 Å². The number of hydrogen-bond donors (Lipinski definition) is 2. The van der Waals surface area contributed by atoms with Crippen LogP contribution in [0.1, 0.15) is 26.2 Å². The first-order valence-electron chi connectivity index (χ1n) is 9.01. The minimum Gasteiger partial charge on any atom is -0.356 e. The fourth-order valence-corrected chi connectivity index (χ4v) is 2.67. The topological polar surface area (TPSA) is 72.9 Å². The number of anilines is 1. The second-order valence-corrected chi connectivity index (χ2v) is 6.47. The average molecular weight is 346 g/mol. The van der Waals surface area contributed by atoms with E-state index in [0.29, 0.717) is 6.04 Å². The molecule has 0 unspecified atom stereocenters. The van der Waals surface area contributed by atoms with Crippen molar-refractivity contribution in [3.05, 3.63) is 24.4 Å². The van der Waals surface area contributed by atoms with Crippen molar-refractivity contribution in [1.29, 1.82) is 0 Å². The summed E-state index contributed by atoms with van der Waals surface area (Å²) in [5, 5.41) is 6.77. The third-order valence-corrected chi connectivity index (χ3v) is 4.22. The van der Waals surface area contributed by atoms with Gasteiger partial charge in [-0.05, 0) is 31.4 Å². The van der Waals surface area contributed by atoms with Crippen LogP contribution in [0, 0.1) is 0 Å². The van der Waals surface area contributed by atoms with E-state index in [2.05, 4.69) is 38.5 Å². The molecule has 0 aromatic carbocycles. The number of likely N-dealkylation sites (N-methyl/N-ethyl adjacent to an activating group) is 1. The van der Waals surface area contributed by atoms with Crippen molar-refractivity contribution in [3.63, 3.8) is 0 Å². The second-order valence-electron chi connectivity index (χ2n) is 6.47. The van der Waals surface area contributed by atoms with E-state index in [1.165, 1.54) is 0 Å². The normalized spacial score (nSPS) is 15.8. The maximum Gasteiger partial charge on any atom is 0.243 e. The molecule has 1 aromatic rings. The van der Waals surface area contributed by atoms with Gasteiger partial charge in [0.05, 0.1) is 0 Å². The third-order valence-electron chi connectivity index (χ3n) is 4.22. The summed E-state index contributed by atoms with van der Waals surface area (Å²) in [6, 6.07) is 6.37. The van der Waals surface area contributed by atoms with Gasteiger partial charge in [0.25, 0.3) is 0 Å². The number of carbonyl (C=O) groups excluding carboxylic acids is 1. The lowest BCUT2D eigenvalue weighted by Crippen LogP contribution is -2.49. The molecule has 0 saturated carbocycles. The van der Waals surface area contributed by atoms with Crippen LogP contribution in [-0.4, -0.2) is 68.1 Å². The SMILES string of the molecule is CCCNC(=NCC(=O)N(C)C)NC1CCN(c2ccccn2)CC1. The molecule has 1 aliphatic rings. The van der Waals surface area contributed by atoms with Crippen molar-refractivity contribution in [2.24, 2.45) is 4.99 Å². The molecule has 7 nitrogen and oxygen atoms in total. The molecule has 1 fully saturated rings. The molecule has 25 heavy (non-hydrogen) atoms. The number of nitrogens with zero attached hydrogens (tertiary/aromatic N) is 4. The monoisotopic (exact) mass is 346 g/mol. The van der Waals surface area contributed by atoms with Gasteiger partial charge in [0, 0.05) is 46.0 Å². The summed E-state index contributed by atoms with van der Waals surface area (Å²) in [5.74, 6) is 1.77. The van der Waals surface area contributed by atoms with Gasteiger partial charge < -0.3 is 20.4 Å². The van der Waals surface area contributed by atoms with Gasteiger partial charge in [-0.3, -0.25) is 4.79 Å². The molecule has 2 N–H and O–H groups in total. The molecule has 1 aromatic heterocycles. The summed E-state index contributed by atoms with van der Waals surface area (Å²) in [4.78, 5) is 24.5. The zero-order valence-corrected chi connectivity index (χ0v) is 15.5. The molecule has 0 bridgehead atoms. The first-order chi connectivity index (χ1) is 12.1. The first-order valence-corrected chi connectivity index (χ1v) is 9.01. The van der Waals surface area contributed by atoms with Crippen LogP contribution in [0.15, 0.2) is 29.4 Å². The van der Waals surface area contributed by atoms with Crippen LogP contribution in [0.5, 0.6) is 0 Å². The Bertz CT molecular complexity index is 552. The molecule has 1 aliphatic heterocycles. The van der Waals surface area contributed by atoms with Crippen molar-refractivity contribution in [2.75, 3.05) is 45.2 Å². The first kappa shape index (κ1) is 19.0. The molecular formula is C18H30N6O. The number of hydrogen-bond acceptors (Lipinski definition) is 4. The van der Waals surface area contributed by atoms with Crippen LogP contribution >= 0.6 is 0 Å². The summed E-state index contributed by atoms with van der Waals surface area (Å²) in [6.07, 6.45) is 4.89. The van der Waals surface area contributed by atoms with E-state index in [9.17, 15) is 4.79 Å². The Labute approximate surface area is 150 Å². The summed E-state index contributed by atoms with van der Waals surface area (Å²) < 4.78 is 0. The van der Waals surface area contributed by atoms with Gasteiger partial charge in [-0.1, -0.05) is 13.0 Å². The van der Waals surface area contributed by atoms with Crippen LogP contribution < -0.4 is 15.5 Å². The van der Waals surface area contributed by atoms with Crippen LogP contribution in [0.25, 0.3) is 0 Å². The largest absolute Gasteiger partial charge is 0.356 e. The van der Waals surface area contributed by atoms with E-state index in [0.717, 1.165) is 50.7 Å². The number of aliphatic imine (C=N–C) groups is 1. The number of rotatable bonds is 6. The minimum absolute atomic E-state index is 0.00238. The molecule has 0 spiro atoms. The molecule has 0 aliphatic carbocycles. The molecule has 138 valence electrons. The highest BCUT2D eigenvalue weighted by atomic mass is 16.2. The average Bonchev–Trinajstić information content (AvgIpc) is 2.64. The van der Waals surface area contributed by atoms with Crippen molar-refractivity contribution >= 4 is 17.7 Å². The molecule has 0 atom stereocenters. The van der Waals surface area contributed by atoms with Crippen molar-refractivity contribution < 1.29 is 4.79 Å². The predicted octanol–water partition coefficient (Wildman–Crippen LogP) is 1.08. The minimum atomic E-state index is 0.00238. The van der Waals surface area contributed by atoms with Crippen LogP contribution in [0.2, 0.25) is 0 Å². The third kappa shape index (κ3) is 6.25. The number of piperidine rings is 1. The Balaban J connectivity index is 1.87. The number of nitrogens with one attached hydrogen (secondary N) is 2. The standard InChI is InChI=1S/C18H30N6O/c1-4-10-20-18(21-14-17(25)23(2)3)22-15-8-12-24(13-9-15)16-7-5-6-11-19-16/h5-7,11,15H,4,8-10,12-14H2,1-3H3,(H2,20,21,22). The molecule has 2 heterocycles. The molecule has 1 amide bonds. The van der Waals surface area contributed by atoms with Gasteiger partial charge in [-0.2, -0.15) is 0 Å². The quantitative estimate of drug-likeness (QED) is 0.596. The maximum absolute atomic E-state index is 11.8. The van der Waals surface area contributed by atoms with Crippen molar-refractivity contribution in [2.45, 2.75) is 32.2 Å². The number of guanidine groups is 1. The van der Waals surface area contributed by atoms with E-state index in [-0.39, 0.29) is 12.5 Å². The van der Waals surface area contributed by atoms with Gasteiger partial charge in [0.15, 0.2) is 5.96 Å². The van der Waals surface area contributed by atoms with E-state index >= 15 is 0 Å². The lowest BCUT2D eigenvalue weighted by atomic mass is 10.1. The Morgan fingerprint density at radius 3 is 2.72 bits per heavy atom. The number of aromatic nitrogens is 1. The highest BCUT2D eigenvalue weighted by Crippen LogP contribution is 2.17. The lowest BCUT2D eigenvalue weighted by molar-refractivity contribution is -0.127. The van der Waals surface area contributed by atoms with Gasteiger partial charge in [0.1, 0.15) is 12.4 Å². The fourth-order valence-electron chi connectivity index (χ4n) is 2.67. The van der Waals surface area contributed by atoms with E-state index in [1.807, 2.05) is 18.3 Å². The summed E-state index contributed by atoms with van der Waals surface area (Å²) in [7, 11) is 3.50. The Hall–Kier alpha value is -2.31. The maximum atomic E-state index is 11.8. The zero-order chi connectivity index (χ0) is 18.1. The van der Waals surface area contributed by atoms with Gasteiger partial charge >= 0.3 is 0 Å². The molecule has 0 radical (unpaired) electrons. The van der Waals surface area contributed by atoms with Crippen LogP contribution in [-0.2, 0) is 4.79 Å². The summed E-state index contributed by atoms with van der Waals surface area (Å²) in [5.41, 5.74) is 0. The zero-order valence-electron chi connectivity index (χ0n) is 15.5. The number of amides is 1. The molecule has 7 heteroatoms. The van der Waals surface area contributed by atoms with Gasteiger partial charge in [-0.15, -0.1) is 0 Å². The molecule has 2 rings (SSSR count). The smallest absolute Gasteiger partial charge is 0.243 e. The predicted molar refractivity (Wildman–Crippen MR) is 102 cm³/mol. The highest BCUT2D eigenvalue weighted by Gasteiger charge is 2.20. The van der Waals surface area contributed by atoms with Crippen molar-refractivity contribution in [1.82, 2.24) is 20.5 Å². The van der Waals surface area contributed by atoms with Crippen LogP contribution in [0.3, 0.4) is 0 Å². The summed E-state index contributed by atoms with van der Waals surface area (Å²) in [6.45, 7) is 5.05. The van der Waals surface area contributed by atoms with Gasteiger partial charge in [-0.25, -0.2) is 9.98 Å².